The fraction of sp³-hybridized carbons (Fsp3) is 0.458. The molecule has 0 N–H and O–H groups in total. The number of rotatable bonds is 3. The maximum Gasteiger partial charge on any atom is 0.253 e. The van der Waals surface area contributed by atoms with Crippen molar-refractivity contribution in [1.29, 1.82) is 5.26 Å². The van der Waals surface area contributed by atoms with Crippen molar-refractivity contribution < 1.29 is 13.9 Å². The van der Waals surface area contributed by atoms with Crippen molar-refractivity contribution in [3.63, 3.8) is 0 Å². The number of nitriles is 1. The molecule has 2 fully saturated rings. The summed E-state index contributed by atoms with van der Waals surface area (Å²) in [6.07, 6.45) is 4.34. The molecule has 12 heteroatoms. The Bertz CT molecular complexity index is 1360. The van der Waals surface area contributed by atoms with Gasteiger partial charge in [0.2, 0.25) is 5.91 Å². The Morgan fingerprint density at radius 3 is 2.94 bits per heavy atom. The molecule has 4 heterocycles. The second-order valence-electron chi connectivity index (χ2n) is 9.42. The predicted molar refractivity (Wildman–Crippen MR) is 122 cm³/mol. The molecule has 3 atom stereocenters. The van der Waals surface area contributed by atoms with Gasteiger partial charge in [-0.15, -0.1) is 5.10 Å². The maximum atomic E-state index is 14.0. The zero-order chi connectivity index (χ0) is 24.8. The van der Waals surface area contributed by atoms with Crippen molar-refractivity contribution in [2.24, 2.45) is 0 Å². The van der Waals surface area contributed by atoms with E-state index < -0.39 is 5.82 Å². The predicted octanol–water partition coefficient (Wildman–Crippen LogP) is 1.09. The normalized spacial score (nSPS) is 23.7. The van der Waals surface area contributed by atoms with Crippen LogP contribution >= 0.6 is 0 Å². The molecule has 2 aliphatic heterocycles. The summed E-state index contributed by atoms with van der Waals surface area (Å²) in [5, 5.41) is 20.4. The summed E-state index contributed by atoms with van der Waals surface area (Å²) >= 11 is 0. The zero-order valence-corrected chi connectivity index (χ0v) is 19.7. The Balaban J connectivity index is 1.12. The highest BCUT2D eigenvalue weighted by Crippen LogP contribution is 2.35. The second-order valence-corrected chi connectivity index (χ2v) is 9.42. The third kappa shape index (κ3) is 3.81. The first kappa shape index (κ1) is 22.6. The van der Waals surface area contributed by atoms with Crippen LogP contribution in [0.25, 0.3) is 5.95 Å². The summed E-state index contributed by atoms with van der Waals surface area (Å²) in [7, 11) is 0. The number of piperazine rings is 1. The molecule has 0 bridgehead atoms. The van der Waals surface area contributed by atoms with Crippen LogP contribution in [0.3, 0.4) is 0 Å². The number of halogens is 1. The average molecular weight is 490 g/mol. The van der Waals surface area contributed by atoms with Crippen LogP contribution in [0, 0.1) is 24.1 Å². The van der Waals surface area contributed by atoms with Gasteiger partial charge in [0.15, 0.2) is 0 Å². The number of hydrogen-bond acceptors (Lipinski definition) is 9. The number of aryl methyl sites for hydroxylation is 1. The first-order valence-corrected chi connectivity index (χ1v) is 12.0. The van der Waals surface area contributed by atoms with E-state index in [1.807, 2.05) is 11.0 Å². The van der Waals surface area contributed by atoms with Crippen LogP contribution in [-0.4, -0.2) is 84.7 Å². The summed E-state index contributed by atoms with van der Waals surface area (Å²) in [6, 6.07) is 5.09. The third-order valence-corrected chi connectivity index (χ3v) is 7.51. The van der Waals surface area contributed by atoms with Gasteiger partial charge in [-0.2, -0.15) is 9.94 Å². The topological polar surface area (TPSA) is 126 Å². The maximum absolute atomic E-state index is 14.0. The molecule has 0 spiro atoms. The minimum atomic E-state index is -0.509. The highest BCUT2D eigenvalue weighted by Gasteiger charge is 2.39. The third-order valence-electron chi connectivity index (χ3n) is 7.51. The Morgan fingerprint density at radius 1 is 1.25 bits per heavy atom. The van der Waals surface area contributed by atoms with Crippen molar-refractivity contribution >= 4 is 5.91 Å². The fourth-order valence-electron chi connectivity index (χ4n) is 5.54. The van der Waals surface area contributed by atoms with Crippen molar-refractivity contribution in [1.82, 2.24) is 40.0 Å². The van der Waals surface area contributed by atoms with Gasteiger partial charge >= 0.3 is 0 Å². The Hall–Kier alpha value is -3.82. The lowest BCUT2D eigenvalue weighted by Gasteiger charge is -2.46. The number of morpholine rings is 1. The molecule has 11 nitrogen and oxygen atoms in total. The first-order valence-electron chi connectivity index (χ1n) is 12.0. The molecule has 0 radical (unpaired) electrons. The SMILES string of the molecule is Cc1c([C@@H]2CN3CCN(C(=O)C4CCc5nc(-n6cnnn6)ncc54)CC3CO2)ccc(F)c1C#N. The molecule has 1 aliphatic carbocycles. The van der Waals surface area contributed by atoms with E-state index in [4.69, 9.17) is 4.74 Å². The summed E-state index contributed by atoms with van der Waals surface area (Å²) in [5.74, 6) is -0.266. The molecular weight excluding hydrogens is 465 g/mol. The summed E-state index contributed by atoms with van der Waals surface area (Å²) in [5.41, 5.74) is 3.27. The smallest absolute Gasteiger partial charge is 0.253 e. The molecule has 2 saturated heterocycles. The number of aromatic nitrogens is 6. The minimum Gasteiger partial charge on any atom is -0.370 e. The molecule has 2 aromatic heterocycles. The van der Waals surface area contributed by atoms with E-state index in [1.165, 1.54) is 17.1 Å². The summed E-state index contributed by atoms with van der Waals surface area (Å²) < 4.78 is 21.5. The van der Waals surface area contributed by atoms with E-state index in [2.05, 4.69) is 30.4 Å². The molecule has 0 saturated carbocycles. The quantitative estimate of drug-likeness (QED) is 0.531. The molecule has 3 aliphatic rings. The highest BCUT2D eigenvalue weighted by molar-refractivity contribution is 5.85. The Morgan fingerprint density at radius 2 is 2.14 bits per heavy atom. The molecule has 1 aromatic carbocycles. The van der Waals surface area contributed by atoms with E-state index in [-0.39, 0.29) is 29.5 Å². The molecule has 184 valence electrons. The number of ether oxygens (including phenoxy) is 1. The first-order chi connectivity index (χ1) is 17.5. The molecular formula is C24H24FN9O2. The van der Waals surface area contributed by atoms with Crippen LogP contribution in [0.2, 0.25) is 0 Å². The van der Waals surface area contributed by atoms with E-state index >= 15 is 0 Å². The molecule has 3 aromatic rings. The van der Waals surface area contributed by atoms with Crippen LogP contribution in [0.5, 0.6) is 0 Å². The number of carbonyl (C=O) groups excluding carboxylic acids is 1. The van der Waals surface area contributed by atoms with Crippen LogP contribution in [-0.2, 0) is 16.0 Å². The van der Waals surface area contributed by atoms with Gasteiger partial charge in [-0.25, -0.2) is 14.4 Å². The van der Waals surface area contributed by atoms with E-state index in [1.54, 1.807) is 19.2 Å². The van der Waals surface area contributed by atoms with Crippen LogP contribution in [0.1, 0.15) is 46.4 Å². The van der Waals surface area contributed by atoms with E-state index in [0.717, 1.165) is 23.4 Å². The fourth-order valence-corrected chi connectivity index (χ4v) is 5.54. The number of nitrogens with zero attached hydrogens (tertiary/aromatic N) is 9. The number of hydrogen-bond donors (Lipinski definition) is 0. The van der Waals surface area contributed by atoms with Gasteiger partial charge in [-0.05, 0) is 47.4 Å². The number of tetrazole rings is 1. The second kappa shape index (κ2) is 9.00. The number of benzene rings is 1. The minimum absolute atomic E-state index is 0.0690. The molecule has 36 heavy (non-hydrogen) atoms. The van der Waals surface area contributed by atoms with Crippen LogP contribution in [0.4, 0.5) is 4.39 Å². The van der Waals surface area contributed by atoms with Crippen molar-refractivity contribution in [2.75, 3.05) is 32.8 Å². The van der Waals surface area contributed by atoms with Crippen LogP contribution < -0.4 is 0 Å². The largest absolute Gasteiger partial charge is 0.370 e. The molecule has 6 rings (SSSR count). The van der Waals surface area contributed by atoms with Gasteiger partial charge in [0.05, 0.1) is 35.9 Å². The number of amides is 1. The van der Waals surface area contributed by atoms with Crippen LogP contribution in [0.15, 0.2) is 24.7 Å². The molecule has 2 unspecified atom stereocenters. The van der Waals surface area contributed by atoms with Crippen molar-refractivity contribution in [2.45, 2.75) is 37.8 Å². The lowest BCUT2D eigenvalue weighted by molar-refractivity contribution is -0.141. The van der Waals surface area contributed by atoms with Gasteiger partial charge in [-0.3, -0.25) is 9.69 Å². The van der Waals surface area contributed by atoms with Gasteiger partial charge in [0.25, 0.3) is 5.95 Å². The lowest BCUT2D eigenvalue weighted by Crippen LogP contribution is -2.60. The summed E-state index contributed by atoms with van der Waals surface area (Å²) in [4.78, 5) is 26.7. The van der Waals surface area contributed by atoms with E-state index in [9.17, 15) is 14.4 Å². The van der Waals surface area contributed by atoms with Gasteiger partial charge in [0, 0.05) is 37.9 Å². The lowest BCUT2D eigenvalue weighted by atomic mass is 9.96. The van der Waals surface area contributed by atoms with Crippen molar-refractivity contribution in [3.8, 4) is 12.0 Å². The van der Waals surface area contributed by atoms with E-state index in [0.29, 0.717) is 50.6 Å². The standard InChI is InChI=1S/C24H24FN9O2/c1-14-16(2-4-20(25)18(14)8-26)22-11-32-6-7-33(10-15(32)12-36-22)23(35)17-3-5-21-19(17)9-27-24(29-21)34-13-28-30-31-34/h2,4,9,13,15,17,22H,3,5-7,10-12H2,1H3/t15?,17?,22-/m0/s1. The van der Waals surface area contributed by atoms with Gasteiger partial charge < -0.3 is 9.64 Å². The van der Waals surface area contributed by atoms with Gasteiger partial charge in [0.1, 0.15) is 18.2 Å². The summed E-state index contributed by atoms with van der Waals surface area (Å²) in [6.45, 7) is 4.82. The van der Waals surface area contributed by atoms with Crippen molar-refractivity contribution in [3.05, 3.63) is 58.4 Å². The van der Waals surface area contributed by atoms with Gasteiger partial charge in [-0.1, -0.05) is 6.07 Å². The molecule has 1 amide bonds. The number of fused-ring (bicyclic) bond motifs is 2. The Labute approximate surface area is 206 Å². The Kier molecular flexibility index (Phi) is 5.66. The highest BCUT2D eigenvalue weighted by atomic mass is 19.1. The average Bonchev–Trinajstić information content (AvgIpc) is 3.58. The zero-order valence-electron chi connectivity index (χ0n) is 19.7. The monoisotopic (exact) mass is 489 g/mol. The number of carbonyl (C=O) groups is 1.